The Kier molecular flexibility index (Phi) is 7.33. The average molecular weight is 538 g/mol. The third-order valence-corrected chi connectivity index (χ3v) is 6.99. The van der Waals surface area contributed by atoms with Gasteiger partial charge in [-0.3, -0.25) is 19.1 Å². The summed E-state index contributed by atoms with van der Waals surface area (Å²) >= 11 is 0. The van der Waals surface area contributed by atoms with Gasteiger partial charge in [-0.25, -0.2) is 4.68 Å². The van der Waals surface area contributed by atoms with Crippen LogP contribution in [0.3, 0.4) is 0 Å². The molecule has 2 atom stereocenters. The second kappa shape index (κ2) is 10.8. The number of rotatable bonds is 4. The minimum Gasteiger partial charge on any atom is -0.493 e. The number of likely N-dealkylation sites (tertiary alicyclic amines) is 1. The highest BCUT2D eigenvalue weighted by Crippen LogP contribution is 2.28. The van der Waals surface area contributed by atoms with Crippen LogP contribution < -0.4 is 14.8 Å². The van der Waals surface area contributed by atoms with Gasteiger partial charge >= 0.3 is 0 Å². The number of fused-ring (bicyclic) bond motifs is 5. The quantitative estimate of drug-likeness (QED) is 0.481. The molecule has 1 aromatic carbocycles. The van der Waals surface area contributed by atoms with Gasteiger partial charge in [0.2, 0.25) is 5.91 Å². The highest BCUT2D eigenvalue weighted by Gasteiger charge is 2.38. The standard InChI is InChI=1S/C26H31N7O6/c1-15-25(17(3)34)16(2)33(29-15)13-24(35)31-11-20-23(12-31)39-14-19-10-32(30-28-19)7-8-38-22-9-18(26(36)27-20)5-6-21(22)37-4/h5-6,9-10,20,23H,7-8,11-14H2,1-4H3,(H,27,36)/t20-,23-/m0/s1. The number of aromatic nitrogens is 5. The predicted octanol–water partition coefficient (Wildman–Crippen LogP) is 0.921. The molecule has 2 aliphatic rings. The van der Waals surface area contributed by atoms with Gasteiger partial charge in [-0.05, 0) is 39.0 Å². The molecule has 0 radical (unpaired) electrons. The van der Waals surface area contributed by atoms with Crippen LogP contribution in [0.4, 0.5) is 0 Å². The van der Waals surface area contributed by atoms with Gasteiger partial charge in [-0.15, -0.1) is 5.10 Å². The van der Waals surface area contributed by atoms with Gasteiger partial charge in [-0.2, -0.15) is 5.10 Å². The van der Waals surface area contributed by atoms with Crippen LogP contribution in [0.15, 0.2) is 24.4 Å². The Balaban J connectivity index is 1.38. The summed E-state index contributed by atoms with van der Waals surface area (Å²) in [5.41, 5.74) is 2.78. The zero-order chi connectivity index (χ0) is 27.7. The number of aryl methyl sites for hydroxylation is 1. The second-order valence-electron chi connectivity index (χ2n) is 9.67. The van der Waals surface area contributed by atoms with Crippen LogP contribution >= 0.6 is 0 Å². The Labute approximate surface area is 225 Å². The van der Waals surface area contributed by atoms with Gasteiger partial charge in [0.1, 0.15) is 18.8 Å². The zero-order valence-corrected chi connectivity index (χ0v) is 22.3. The molecule has 4 bridgehead atoms. The van der Waals surface area contributed by atoms with Gasteiger partial charge in [0.15, 0.2) is 17.3 Å². The molecule has 2 aliphatic heterocycles. The molecular weight excluding hydrogens is 506 g/mol. The number of ketones is 1. The van der Waals surface area contributed by atoms with Crippen LogP contribution in [0.25, 0.3) is 0 Å². The fourth-order valence-electron chi connectivity index (χ4n) is 5.01. The van der Waals surface area contributed by atoms with Crippen molar-refractivity contribution in [2.24, 2.45) is 0 Å². The number of methoxy groups -OCH3 is 1. The van der Waals surface area contributed by atoms with Crippen LogP contribution in [0.2, 0.25) is 0 Å². The number of ether oxygens (including phenoxy) is 3. The first kappa shape index (κ1) is 26.4. The van der Waals surface area contributed by atoms with Gasteiger partial charge < -0.3 is 24.4 Å². The SMILES string of the molecule is COc1ccc2cc1OCCn1cc(nn1)CO[C@H]1CN(C(=O)Cn3nc(C)c(C(C)=O)c3C)C[C@@H]1NC2=O. The van der Waals surface area contributed by atoms with Crippen LogP contribution in [0.1, 0.15) is 44.7 Å². The van der Waals surface area contributed by atoms with E-state index < -0.39 is 12.1 Å². The summed E-state index contributed by atoms with van der Waals surface area (Å²) in [4.78, 5) is 40.2. The van der Waals surface area contributed by atoms with E-state index in [1.807, 2.05) is 0 Å². The molecule has 0 spiro atoms. The van der Waals surface area contributed by atoms with Crippen LogP contribution in [-0.2, 0) is 29.2 Å². The first-order valence-corrected chi connectivity index (χ1v) is 12.7. The smallest absolute Gasteiger partial charge is 0.251 e. The summed E-state index contributed by atoms with van der Waals surface area (Å²) in [5, 5.41) is 15.7. The number of nitrogens with one attached hydrogen (secondary N) is 1. The zero-order valence-electron chi connectivity index (χ0n) is 22.3. The number of nitrogens with zero attached hydrogens (tertiary/aromatic N) is 6. The van der Waals surface area contributed by atoms with E-state index in [0.29, 0.717) is 52.9 Å². The van der Waals surface area contributed by atoms with Gasteiger partial charge in [0.05, 0.1) is 49.9 Å². The maximum absolute atomic E-state index is 13.3. The molecule has 0 unspecified atom stereocenters. The number of amides is 2. The van der Waals surface area contributed by atoms with E-state index in [1.165, 1.54) is 14.0 Å². The van der Waals surface area contributed by atoms with Crippen molar-refractivity contribution in [1.82, 2.24) is 35.0 Å². The van der Waals surface area contributed by atoms with Gasteiger partial charge in [0, 0.05) is 24.3 Å². The third-order valence-electron chi connectivity index (χ3n) is 6.99. The van der Waals surface area contributed by atoms with Crippen molar-refractivity contribution in [3.8, 4) is 11.5 Å². The van der Waals surface area contributed by atoms with E-state index in [4.69, 9.17) is 14.2 Å². The van der Waals surface area contributed by atoms with E-state index in [9.17, 15) is 14.4 Å². The van der Waals surface area contributed by atoms with Crippen molar-refractivity contribution in [3.05, 3.63) is 52.6 Å². The number of benzene rings is 1. The number of Topliss-reactive ketones (excluding diaryl/α,β-unsaturated/α-hetero) is 1. The molecule has 0 saturated carbocycles. The molecule has 2 amide bonds. The van der Waals surface area contributed by atoms with Gasteiger partial charge in [-0.1, -0.05) is 5.21 Å². The minimum absolute atomic E-state index is 0.0269. The molecule has 1 saturated heterocycles. The topological polar surface area (TPSA) is 143 Å². The van der Waals surface area contributed by atoms with Crippen molar-refractivity contribution < 1.29 is 28.6 Å². The Bertz CT molecular complexity index is 1410. The van der Waals surface area contributed by atoms with E-state index >= 15 is 0 Å². The molecule has 1 N–H and O–H groups in total. The van der Waals surface area contributed by atoms with E-state index in [0.717, 1.165) is 0 Å². The lowest BCUT2D eigenvalue weighted by molar-refractivity contribution is -0.131. The molecule has 1 fully saturated rings. The lowest BCUT2D eigenvalue weighted by Crippen LogP contribution is -2.44. The Morgan fingerprint density at radius 3 is 2.79 bits per heavy atom. The normalized spacial score (nSPS) is 19.4. The van der Waals surface area contributed by atoms with E-state index in [-0.39, 0.29) is 43.8 Å². The monoisotopic (exact) mass is 537 g/mol. The van der Waals surface area contributed by atoms with Crippen molar-refractivity contribution in [3.63, 3.8) is 0 Å². The summed E-state index contributed by atoms with van der Waals surface area (Å²) in [5.74, 6) is 0.336. The Morgan fingerprint density at radius 1 is 1.23 bits per heavy atom. The first-order valence-electron chi connectivity index (χ1n) is 12.7. The number of hydrogen-bond acceptors (Lipinski definition) is 9. The van der Waals surface area contributed by atoms with Crippen LogP contribution in [0.5, 0.6) is 11.5 Å². The average Bonchev–Trinajstić information content (AvgIpc) is 3.59. The first-order chi connectivity index (χ1) is 18.7. The van der Waals surface area contributed by atoms with E-state index in [2.05, 4.69) is 20.7 Å². The Morgan fingerprint density at radius 2 is 2.05 bits per heavy atom. The Hall–Kier alpha value is -4.26. The van der Waals surface area contributed by atoms with Crippen molar-refractivity contribution in [2.45, 2.75) is 52.6 Å². The summed E-state index contributed by atoms with van der Waals surface area (Å²) in [6.45, 7) is 6.42. The molecule has 3 aromatic rings. The van der Waals surface area contributed by atoms with E-state index in [1.54, 1.807) is 52.5 Å². The lowest BCUT2D eigenvalue weighted by atomic mass is 10.1. The molecule has 13 heteroatoms. The third kappa shape index (κ3) is 5.48. The maximum Gasteiger partial charge on any atom is 0.251 e. The largest absolute Gasteiger partial charge is 0.493 e. The lowest BCUT2D eigenvalue weighted by Gasteiger charge is -2.20. The van der Waals surface area contributed by atoms with Crippen molar-refractivity contribution >= 4 is 17.6 Å². The maximum atomic E-state index is 13.3. The van der Waals surface area contributed by atoms with Gasteiger partial charge in [0.25, 0.3) is 5.91 Å². The number of carbonyl (C=O) groups is 3. The van der Waals surface area contributed by atoms with Crippen molar-refractivity contribution in [1.29, 1.82) is 0 Å². The van der Waals surface area contributed by atoms with Crippen LogP contribution in [-0.4, -0.2) is 86.2 Å². The summed E-state index contributed by atoms with van der Waals surface area (Å²) in [6, 6.07) is 4.49. The van der Waals surface area contributed by atoms with Crippen molar-refractivity contribution in [2.75, 3.05) is 26.8 Å². The second-order valence-corrected chi connectivity index (χ2v) is 9.67. The molecule has 0 aliphatic carbocycles. The highest BCUT2D eigenvalue weighted by atomic mass is 16.5. The number of hydrogen-bond donors (Lipinski definition) is 1. The molecule has 5 rings (SSSR count). The molecule has 206 valence electrons. The molecular formula is C26H31N7O6. The predicted molar refractivity (Wildman–Crippen MR) is 137 cm³/mol. The highest BCUT2D eigenvalue weighted by molar-refractivity contribution is 5.96. The summed E-state index contributed by atoms with van der Waals surface area (Å²) in [6.07, 6.45) is 1.30. The summed E-state index contributed by atoms with van der Waals surface area (Å²) in [7, 11) is 1.53. The molecule has 2 aromatic heterocycles. The molecule has 4 heterocycles. The number of carbonyl (C=O) groups excluding carboxylic acids is 3. The fraction of sp³-hybridized carbons (Fsp3) is 0.462. The van der Waals surface area contributed by atoms with Crippen LogP contribution in [0, 0.1) is 13.8 Å². The summed E-state index contributed by atoms with van der Waals surface area (Å²) < 4.78 is 20.6. The molecule has 39 heavy (non-hydrogen) atoms. The fourth-order valence-corrected chi connectivity index (χ4v) is 5.01. The molecule has 13 nitrogen and oxygen atoms in total. The minimum atomic E-state index is -0.476.